The first-order valence-corrected chi connectivity index (χ1v) is 12.9. The molecule has 7 heteroatoms. The summed E-state index contributed by atoms with van der Waals surface area (Å²) in [6.07, 6.45) is -3.21. The van der Waals surface area contributed by atoms with E-state index in [0.717, 1.165) is 36.8 Å². The second kappa shape index (κ2) is 10.6. The summed E-state index contributed by atoms with van der Waals surface area (Å²) in [5, 5.41) is 3.14. The fraction of sp³-hybridized carbons (Fsp3) is 0.367. The molecule has 0 unspecified atom stereocenters. The molecular formula is C30H32F3N3O. The van der Waals surface area contributed by atoms with Gasteiger partial charge in [-0.2, -0.15) is 13.2 Å². The first-order valence-electron chi connectivity index (χ1n) is 12.9. The molecule has 0 aromatic heterocycles. The van der Waals surface area contributed by atoms with Gasteiger partial charge >= 0.3 is 6.18 Å². The molecule has 3 aromatic carbocycles. The summed E-state index contributed by atoms with van der Waals surface area (Å²) in [5.74, 6) is -0.555. The number of amides is 1. The van der Waals surface area contributed by atoms with Gasteiger partial charge in [0.05, 0.1) is 23.6 Å². The minimum atomic E-state index is -4.42. The molecule has 1 saturated heterocycles. The Hall–Kier alpha value is -3.32. The van der Waals surface area contributed by atoms with Gasteiger partial charge in [0.1, 0.15) is 0 Å². The fourth-order valence-electron chi connectivity index (χ4n) is 5.64. The number of carbonyl (C=O) groups is 1. The van der Waals surface area contributed by atoms with Crippen molar-refractivity contribution in [2.45, 2.75) is 38.0 Å². The third kappa shape index (κ3) is 5.67. The molecule has 194 valence electrons. The molecule has 3 atom stereocenters. The largest absolute Gasteiger partial charge is 0.416 e. The van der Waals surface area contributed by atoms with Crippen LogP contribution in [0.15, 0.2) is 78.9 Å². The molecule has 0 aliphatic carbocycles. The van der Waals surface area contributed by atoms with Gasteiger partial charge in [0.2, 0.25) is 5.91 Å². The van der Waals surface area contributed by atoms with Crippen LogP contribution < -0.4 is 10.2 Å². The Bertz CT molecular complexity index is 1220. The van der Waals surface area contributed by atoms with E-state index < -0.39 is 17.7 Å². The summed E-state index contributed by atoms with van der Waals surface area (Å²) in [6, 6.07) is 23.7. The van der Waals surface area contributed by atoms with Crippen molar-refractivity contribution < 1.29 is 18.0 Å². The summed E-state index contributed by atoms with van der Waals surface area (Å²) in [6.45, 7) is 5.00. The number of nitrogens with one attached hydrogen (secondary N) is 1. The minimum absolute atomic E-state index is 0.100. The summed E-state index contributed by atoms with van der Waals surface area (Å²) < 4.78 is 40.4. The molecule has 0 radical (unpaired) electrons. The zero-order chi connectivity index (χ0) is 26.0. The van der Waals surface area contributed by atoms with E-state index in [-0.39, 0.29) is 18.0 Å². The topological polar surface area (TPSA) is 35.6 Å². The van der Waals surface area contributed by atoms with Gasteiger partial charge in [0, 0.05) is 31.9 Å². The van der Waals surface area contributed by atoms with Gasteiger partial charge in [-0.05, 0) is 54.7 Å². The van der Waals surface area contributed by atoms with E-state index in [1.165, 1.54) is 11.6 Å². The van der Waals surface area contributed by atoms with Crippen molar-refractivity contribution in [3.63, 3.8) is 0 Å². The number of hydrogen-bond donors (Lipinski definition) is 1. The van der Waals surface area contributed by atoms with Crippen LogP contribution in [0.25, 0.3) is 0 Å². The van der Waals surface area contributed by atoms with E-state index in [0.29, 0.717) is 25.1 Å². The van der Waals surface area contributed by atoms with E-state index in [2.05, 4.69) is 27.2 Å². The molecule has 2 aliphatic heterocycles. The predicted octanol–water partition coefficient (Wildman–Crippen LogP) is 5.49. The normalized spacial score (nSPS) is 20.6. The Balaban J connectivity index is 1.39. The van der Waals surface area contributed by atoms with Crippen LogP contribution in [0.5, 0.6) is 0 Å². The summed E-state index contributed by atoms with van der Waals surface area (Å²) in [5.41, 5.74) is 3.01. The Morgan fingerprint density at radius 1 is 1.00 bits per heavy atom. The lowest BCUT2D eigenvalue weighted by Gasteiger charge is -2.49. The van der Waals surface area contributed by atoms with Crippen LogP contribution in [0.2, 0.25) is 0 Å². The molecule has 0 saturated carbocycles. The van der Waals surface area contributed by atoms with Gasteiger partial charge in [0.25, 0.3) is 0 Å². The predicted molar refractivity (Wildman–Crippen MR) is 139 cm³/mol. The van der Waals surface area contributed by atoms with Gasteiger partial charge < -0.3 is 10.2 Å². The van der Waals surface area contributed by atoms with Crippen LogP contribution in [0.4, 0.5) is 18.9 Å². The van der Waals surface area contributed by atoms with E-state index >= 15 is 0 Å². The van der Waals surface area contributed by atoms with Crippen molar-refractivity contribution in [3.05, 3.63) is 101 Å². The highest BCUT2D eigenvalue weighted by molar-refractivity contribution is 5.82. The van der Waals surface area contributed by atoms with E-state index in [1.807, 2.05) is 55.5 Å². The molecule has 1 amide bonds. The molecule has 4 nitrogen and oxygen atoms in total. The van der Waals surface area contributed by atoms with Crippen LogP contribution in [0.1, 0.15) is 35.2 Å². The molecule has 37 heavy (non-hydrogen) atoms. The van der Waals surface area contributed by atoms with Crippen LogP contribution in [-0.2, 0) is 23.8 Å². The lowest BCUT2D eigenvalue weighted by Crippen LogP contribution is -2.61. The number of piperazine rings is 1. The van der Waals surface area contributed by atoms with Crippen LogP contribution in [-0.4, -0.2) is 43.0 Å². The molecule has 1 fully saturated rings. The SMILES string of the molecule is C[C@H](NC(=O)[C@@H]1Cc2cc(C(F)(F)F)ccc2N2CCN(CCc3ccccc3)C[C@H]12)c1ccccc1. The van der Waals surface area contributed by atoms with Crippen molar-refractivity contribution >= 4 is 11.6 Å². The first kappa shape index (κ1) is 25.3. The Kier molecular flexibility index (Phi) is 7.24. The second-order valence-corrected chi connectivity index (χ2v) is 10.1. The van der Waals surface area contributed by atoms with E-state index in [1.54, 1.807) is 6.07 Å². The number of fused-ring (bicyclic) bond motifs is 3. The van der Waals surface area contributed by atoms with Crippen molar-refractivity contribution in [1.29, 1.82) is 0 Å². The van der Waals surface area contributed by atoms with Crippen molar-refractivity contribution in [1.82, 2.24) is 10.2 Å². The fourth-order valence-corrected chi connectivity index (χ4v) is 5.64. The second-order valence-electron chi connectivity index (χ2n) is 10.1. The third-order valence-electron chi connectivity index (χ3n) is 7.68. The van der Waals surface area contributed by atoms with Crippen LogP contribution in [0.3, 0.4) is 0 Å². The minimum Gasteiger partial charge on any atom is -0.365 e. The number of alkyl halides is 3. The van der Waals surface area contributed by atoms with E-state index in [4.69, 9.17) is 0 Å². The maximum atomic E-state index is 13.6. The summed E-state index contributed by atoms with van der Waals surface area (Å²) in [4.78, 5) is 18.2. The molecule has 0 spiro atoms. The van der Waals surface area contributed by atoms with Gasteiger partial charge in [-0.25, -0.2) is 0 Å². The molecule has 0 bridgehead atoms. The molecule has 2 heterocycles. The van der Waals surface area contributed by atoms with E-state index in [9.17, 15) is 18.0 Å². The number of carbonyl (C=O) groups excluding carboxylic acids is 1. The summed E-state index contributed by atoms with van der Waals surface area (Å²) >= 11 is 0. The van der Waals surface area contributed by atoms with Gasteiger partial charge in [0.15, 0.2) is 0 Å². The monoisotopic (exact) mass is 507 g/mol. The molecular weight excluding hydrogens is 475 g/mol. The van der Waals surface area contributed by atoms with Gasteiger partial charge in [-0.3, -0.25) is 9.69 Å². The lowest BCUT2D eigenvalue weighted by atomic mass is 9.82. The third-order valence-corrected chi connectivity index (χ3v) is 7.68. The molecule has 2 aliphatic rings. The standard InChI is InChI=1S/C30H32F3N3O/c1-21(23-10-6-3-7-11-23)34-29(37)26-19-24-18-25(30(31,32)33)12-13-27(24)36-17-16-35(20-28(26)36)15-14-22-8-4-2-5-9-22/h2-13,18,21,26,28H,14-17,19-20H2,1H3,(H,34,37)/t21-,26+,28+/m0/s1. The van der Waals surface area contributed by atoms with Crippen LogP contribution >= 0.6 is 0 Å². The van der Waals surface area contributed by atoms with Gasteiger partial charge in [-0.15, -0.1) is 0 Å². The average molecular weight is 508 g/mol. The Morgan fingerprint density at radius 3 is 2.41 bits per heavy atom. The lowest BCUT2D eigenvalue weighted by molar-refractivity contribution is -0.137. The van der Waals surface area contributed by atoms with Gasteiger partial charge in [-0.1, -0.05) is 60.7 Å². The number of benzene rings is 3. The average Bonchev–Trinajstić information content (AvgIpc) is 2.91. The zero-order valence-corrected chi connectivity index (χ0v) is 20.9. The quantitative estimate of drug-likeness (QED) is 0.480. The van der Waals surface area contributed by atoms with Crippen molar-refractivity contribution in [2.75, 3.05) is 31.1 Å². The maximum absolute atomic E-state index is 13.6. The Morgan fingerprint density at radius 2 is 1.70 bits per heavy atom. The molecule has 1 N–H and O–H groups in total. The molecule has 5 rings (SSSR count). The number of halogens is 3. The highest BCUT2D eigenvalue weighted by atomic mass is 19.4. The number of rotatable bonds is 6. The highest BCUT2D eigenvalue weighted by Gasteiger charge is 2.42. The Labute approximate surface area is 216 Å². The van der Waals surface area contributed by atoms with Crippen LogP contribution in [0, 0.1) is 5.92 Å². The summed E-state index contributed by atoms with van der Waals surface area (Å²) in [7, 11) is 0. The highest BCUT2D eigenvalue weighted by Crippen LogP contribution is 2.40. The number of nitrogens with zero attached hydrogens (tertiary/aromatic N) is 2. The number of hydrogen-bond acceptors (Lipinski definition) is 3. The molecule has 3 aromatic rings. The van der Waals surface area contributed by atoms with Crippen molar-refractivity contribution in [2.24, 2.45) is 5.92 Å². The number of anilines is 1. The first-order chi connectivity index (χ1) is 17.8. The maximum Gasteiger partial charge on any atom is 0.416 e. The zero-order valence-electron chi connectivity index (χ0n) is 20.9. The smallest absolute Gasteiger partial charge is 0.365 e. The van der Waals surface area contributed by atoms with Crippen molar-refractivity contribution in [3.8, 4) is 0 Å².